The second-order valence-corrected chi connectivity index (χ2v) is 15.9. The monoisotopic (exact) mass is 722 g/mol. The first-order valence-corrected chi connectivity index (χ1v) is 19.6. The molecule has 2 N–H and O–H groups in total. The highest BCUT2D eigenvalue weighted by Gasteiger charge is 2.55. The molecule has 8 aromatic carbocycles. The minimum Gasteiger partial charge on any atom is -0.399 e. The molecule has 2 unspecified atom stereocenters. The summed E-state index contributed by atoms with van der Waals surface area (Å²) in [5.41, 5.74) is 22.7. The van der Waals surface area contributed by atoms with Gasteiger partial charge in [0.2, 0.25) is 0 Å². The van der Waals surface area contributed by atoms with Crippen LogP contribution in [0.15, 0.2) is 206 Å². The van der Waals surface area contributed by atoms with Gasteiger partial charge in [-0.05, 0) is 110 Å². The van der Waals surface area contributed by atoms with Crippen LogP contribution < -0.4 is 10.6 Å². The highest BCUT2D eigenvalue weighted by atomic mass is 15.1. The number of nitrogens with zero attached hydrogens (tertiary/aromatic N) is 1. The van der Waals surface area contributed by atoms with E-state index in [4.69, 9.17) is 5.73 Å². The van der Waals surface area contributed by atoms with Crippen molar-refractivity contribution in [2.24, 2.45) is 0 Å². The fraction of sp³-hybridized carbons (Fsp3) is 0.111. The van der Waals surface area contributed by atoms with E-state index >= 15 is 0 Å². The molecule has 0 aromatic heterocycles. The van der Waals surface area contributed by atoms with Crippen molar-refractivity contribution in [2.45, 2.75) is 37.5 Å². The lowest BCUT2D eigenvalue weighted by atomic mass is 9.63. The summed E-state index contributed by atoms with van der Waals surface area (Å²) in [5, 5.41) is 0. The number of hydrogen-bond acceptors (Lipinski definition) is 2. The molecule has 0 fully saturated rings. The summed E-state index contributed by atoms with van der Waals surface area (Å²) >= 11 is 0. The van der Waals surface area contributed by atoms with Crippen LogP contribution in [-0.2, 0) is 10.8 Å². The highest BCUT2D eigenvalue weighted by Crippen LogP contribution is 2.62. The number of nitrogens with two attached hydrogens (primary N) is 1. The van der Waals surface area contributed by atoms with Gasteiger partial charge in [-0.3, -0.25) is 0 Å². The Labute approximate surface area is 331 Å². The molecule has 0 heterocycles. The Morgan fingerprint density at radius 2 is 0.768 bits per heavy atom. The predicted octanol–water partition coefficient (Wildman–Crippen LogP) is 14.1. The van der Waals surface area contributed by atoms with Crippen LogP contribution >= 0.6 is 0 Å². The van der Waals surface area contributed by atoms with Crippen LogP contribution in [-0.4, -0.2) is 0 Å². The van der Waals surface area contributed by atoms with Gasteiger partial charge in [0.15, 0.2) is 0 Å². The Balaban J connectivity index is 1.13. The molecule has 8 aromatic rings. The van der Waals surface area contributed by atoms with E-state index in [1.807, 2.05) is 0 Å². The average molecular weight is 723 g/mol. The summed E-state index contributed by atoms with van der Waals surface area (Å²) in [7, 11) is 0. The van der Waals surface area contributed by atoms with E-state index in [1.165, 1.54) is 55.6 Å². The maximum atomic E-state index is 6.57. The largest absolute Gasteiger partial charge is 0.399 e. The lowest BCUT2D eigenvalue weighted by molar-refractivity contribution is 0.350. The van der Waals surface area contributed by atoms with Crippen LogP contribution in [0.25, 0.3) is 33.4 Å². The SMILES string of the molecule is CC1(C)c2ccc(N)cc2C(C)(c2ccc(N(c3ccc(-c4ccccc4)cc3)c3ccc(-c4ccccc4)cc3)cc2)C1c1ccc(-c2ccccc2)cc1. The van der Waals surface area contributed by atoms with Gasteiger partial charge in [-0.2, -0.15) is 0 Å². The van der Waals surface area contributed by atoms with E-state index in [9.17, 15) is 0 Å². The first-order valence-electron chi connectivity index (χ1n) is 19.6. The Bertz CT molecular complexity index is 2490. The first kappa shape index (κ1) is 35.1. The minimum absolute atomic E-state index is 0.141. The number of fused-ring (bicyclic) bond motifs is 1. The third-order valence-electron chi connectivity index (χ3n) is 12.1. The van der Waals surface area contributed by atoms with Gasteiger partial charge >= 0.3 is 0 Å². The number of nitrogen functional groups attached to an aromatic ring is 1. The normalized spacial score (nSPS) is 16.9. The molecule has 1 aliphatic rings. The van der Waals surface area contributed by atoms with E-state index in [0.29, 0.717) is 0 Å². The van der Waals surface area contributed by atoms with E-state index in [0.717, 1.165) is 22.7 Å². The first-order chi connectivity index (χ1) is 27.3. The molecule has 0 amide bonds. The van der Waals surface area contributed by atoms with Gasteiger partial charge in [0, 0.05) is 34.1 Å². The van der Waals surface area contributed by atoms with Crippen LogP contribution in [0.2, 0.25) is 0 Å². The van der Waals surface area contributed by atoms with E-state index in [2.05, 4.69) is 232 Å². The quantitative estimate of drug-likeness (QED) is 0.158. The fourth-order valence-corrected chi connectivity index (χ4v) is 9.43. The summed E-state index contributed by atoms with van der Waals surface area (Å²) in [5.74, 6) is 0.176. The summed E-state index contributed by atoms with van der Waals surface area (Å²) in [4.78, 5) is 2.36. The number of anilines is 4. The van der Waals surface area contributed by atoms with Gasteiger partial charge in [0.1, 0.15) is 0 Å². The number of benzene rings is 8. The molecule has 0 saturated heterocycles. The molecule has 0 spiro atoms. The maximum absolute atomic E-state index is 6.57. The van der Waals surface area contributed by atoms with Crippen molar-refractivity contribution >= 4 is 22.7 Å². The molecule has 9 rings (SSSR count). The van der Waals surface area contributed by atoms with Crippen molar-refractivity contribution in [3.05, 3.63) is 229 Å². The Morgan fingerprint density at radius 3 is 1.20 bits per heavy atom. The average Bonchev–Trinajstić information content (AvgIpc) is 3.43. The molecule has 2 nitrogen and oxygen atoms in total. The zero-order valence-corrected chi connectivity index (χ0v) is 32.2. The highest BCUT2D eigenvalue weighted by molar-refractivity contribution is 5.80. The van der Waals surface area contributed by atoms with Crippen molar-refractivity contribution in [2.75, 3.05) is 10.6 Å². The second-order valence-electron chi connectivity index (χ2n) is 15.9. The summed E-state index contributed by atoms with van der Waals surface area (Å²) in [6.45, 7) is 7.22. The third-order valence-corrected chi connectivity index (χ3v) is 12.1. The van der Waals surface area contributed by atoms with Gasteiger partial charge in [-0.15, -0.1) is 0 Å². The molecule has 0 radical (unpaired) electrons. The van der Waals surface area contributed by atoms with Gasteiger partial charge < -0.3 is 10.6 Å². The lowest BCUT2D eigenvalue weighted by Crippen LogP contribution is -2.34. The fourth-order valence-electron chi connectivity index (χ4n) is 9.43. The van der Waals surface area contributed by atoms with Gasteiger partial charge in [0.05, 0.1) is 0 Å². The van der Waals surface area contributed by atoms with Crippen molar-refractivity contribution in [3.8, 4) is 33.4 Å². The molecule has 0 aliphatic heterocycles. The molecule has 1 aliphatic carbocycles. The molecule has 0 saturated carbocycles. The molecule has 56 heavy (non-hydrogen) atoms. The Kier molecular flexibility index (Phi) is 8.90. The lowest BCUT2D eigenvalue weighted by Gasteiger charge is -2.40. The van der Waals surface area contributed by atoms with E-state index in [-0.39, 0.29) is 16.7 Å². The minimum atomic E-state index is -0.333. The molecular weight excluding hydrogens is 677 g/mol. The topological polar surface area (TPSA) is 29.3 Å². The summed E-state index contributed by atoms with van der Waals surface area (Å²) in [6.07, 6.45) is 0. The van der Waals surface area contributed by atoms with Crippen molar-refractivity contribution in [3.63, 3.8) is 0 Å². The Morgan fingerprint density at radius 1 is 0.393 bits per heavy atom. The van der Waals surface area contributed by atoms with E-state index in [1.54, 1.807) is 0 Å². The summed E-state index contributed by atoms with van der Waals surface area (Å²) in [6, 6.07) is 74.7. The van der Waals surface area contributed by atoms with Crippen LogP contribution in [0.3, 0.4) is 0 Å². The van der Waals surface area contributed by atoms with Crippen molar-refractivity contribution in [1.82, 2.24) is 0 Å². The summed E-state index contributed by atoms with van der Waals surface area (Å²) < 4.78 is 0. The van der Waals surface area contributed by atoms with Gasteiger partial charge in [0.25, 0.3) is 0 Å². The van der Waals surface area contributed by atoms with Crippen LogP contribution in [0.1, 0.15) is 48.9 Å². The zero-order chi connectivity index (χ0) is 38.3. The third kappa shape index (κ3) is 6.18. The van der Waals surface area contributed by atoms with Crippen LogP contribution in [0.5, 0.6) is 0 Å². The number of hydrogen-bond donors (Lipinski definition) is 1. The van der Waals surface area contributed by atoms with E-state index < -0.39 is 0 Å². The Hall–Kier alpha value is -6.64. The standard InChI is InChI=1S/C54H46N2/c1-53(2)50-36-29-46(55)37-51(50)54(3,52(53)44-21-19-41(20-22-44)38-13-7-4-8-14-38)45-27-34-49(35-28-45)56(47-30-23-42(24-31-47)39-15-9-5-10-16-39)48-32-25-43(26-33-48)40-17-11-6-12-18-40/h4-37,52H,55H2,1-3H3. The van der Waals surface area contributed by atoms with Gasteiger partial charge in [-0.25, -0.2) is 0 Å². The number of rotatable bonds is 8. The molecule has 2 atom stereocenters. The van der Waals surface area contributed by atoms with Crippen molar-refractivity contribution < 1.29 is 0 Å². The smallest absolute Gasteiger partial charge is 0.0462 e. The predicted molar refractivity (Wildman–Crippen MR) is 237 cm³/mol. The molecule has 2 heteroatoms. The van der Waals surface area contributed by atoms with Gasteiger partial charge in [-0.1, -0.05) is 178 Å². The molecular formula is C54H46N2. The molecule has 272 valence electrons. The van der Waals surface area contributed by atoms with Crippen LogP contribution in [0.4, 0.5) is 22.7 Å². The van der Waals surface area contributed by atoms with Crippen molar-refractivity contribution in [1.29, 1.82) is 0 Å². The van der Waals surface area contributed by atoms with Crippen LogP contribution in [0, 0.1) is 0 Å². The zero-order valence-electron chi connectivity index (χ0n) is 32.2. The maximum Gasteiger partial charge on any atom is 0.0462 e. The molecule has 0 bridgehead atoms. The second kappa shape index (κ2) is 14.2.